The first kappa shape index (κ1) is 13.9. The van der Waals surface area contributed by atoms with Crippen LogP contribution in [0.25, 0.3) is 0 Å². The minimum atomic E-state index is -2.33. The molecular weight excluding hydrogens is 248 g/mol. The summed E-state index contributed by atoms with van der Waals surface area (Å²) in [4.78, 5) is 0. The van der Waals surface area contributed by atoms with Crippen LogP contribution in [0, 0.1) is 0 Å². The Balaban J connectivity index is 2.31. The summed E-state index contributed by atoms with van der Waals surface area (Å²) < 4.78 is 16.9. The van der Waals surface area contributed by atoms with Crippen LogP contribution in [0.2, 0.25) is 6.04 Å². The number of hydrogen-bond acceptors (Lipinski definition) is 5. The molecule has 0 aromatic heterocycles. The summed E-state index contributed by atoms with van der Waals surface area (Å²) in [6, 6.07) is 0.918. The Morgan fingerprint density at radius 3 is 2.07 bits per heavy atom. The molecule has 1 rings (SSSR count). The average molecular weight is 268 g/mol. The fourth-order valence-electron chi connectivity index (χ4n) is 1.55. The zero-order valence-corrected chi connectivity index (χ0v) is 12.3. The van der Waals surface area contributed by atoms with Gasteiger partial charge >= 0.3 is 8.80 Å². The van der Waals surface area contributed by atoms with E-state index in [-0.39, 0.29) is 0 Å². The van der Waals surface area contributed by atoms with Crippen LogP contribution in [-0.2, 0) is 13.3 Å². The molecule has 1 heterocycles. The lowest BCUT2D eigenvalue weighted by Gasteiger charge is -2.27. The van der Waals surface area contributed by atoms with Crippen molar-refractivity contribution in [3.8, 4) is 0 Å². The summed E-state index contributed by atoms with van der Waals surface area (Å²) in [7, 11) is 2.71. The Bertz CT molecular complexity index is 164. The second-order valence-electron chi connectivity index (χ2n) is 3.36. The fraction of sp³-hybridized carbons (Fsp3) is 1.00. The van der Waals surface area contributed by atoms with Crippen molar-refractivity contribution in [2.45, 2.75) is 23.5 Å². The summed E-state index contributed by atoms with van der Waals surface area (Å²) >= 11 is 4.11. The van der Waals surface area contributed by atoms with Gasteiger partial charge < -0.3 is 13.3 Å². The minimum Gasteiger partial charge on any atom is -0.377 e. The van der Waals surface area contributed by atoms with Gasteiger partial charge in [-0.15, -0.1) is 23.5 Å². The topological polar surface area (TPSA) is 27.7 Å². The third-order valence-corrected chi connectivity index (χ3v) is 8.36. The first-order valence-electron chi connectivity index (χ1n) is 5.15. The Hall–Kier alpha value is 0.797. The van der Waals surface area contributed by atoms with Gasteiger partial charge in [-0.1, -0.05) is 0 Å². The number of rotatable bonds is 6. The first-order chi connectivity index (χ1) is 7.26. The van der Waals surface area contributed by atoms with Crippen LogP contribution < -0.4 is 0 Å². The van der Waals surface area contributed by atoms with E-state index < -0.39 is 8.80 Å². The van der Waals surface area contributed by atoms with Gasteiger partial charge in [0, 0.05) is 27.4 Å². The van der Waals surface area contributed by atoms with Gasteiger partial charge in [-0.25, -0.2) is 0 Å². The fourth-order valence-corrected chi connectivity index (χ4v) is 6.59. The lowest BCUT2D eigenvalue weighted by atomic mass is 10.5. The zero-order valence-electron chi connectivity index (χ0n) is 9.65. The molecule has 15 heavy (non-hydrogen) atoms. The van der Waals surface area contributed by atoms with Crippen LogP contribution in [0.3, 0.4) is 0 Å². The smallest absolute Gasteiger partial charge is 0.377 e. The van der Waals surface area contributed by atoms with Crippen LogP contribution in [-0.4, -0.2) is 46.2 Å². The molecule has 0 unspecified atom stereocenters. The molecule has 0 aromatic rings. The summed E-state index contributed by atoms with van der Waals surface area (Å²) in [6.45, 7) is 0. The van der Waals surface area contributed by atoms with E-state index in [1.54, 1.807) is 21.3 Å². The second-order valence-corrected chi connectivity index (χ2v) is 9.37. The Morgan fingerprint density at radius 1 is 1.07 bits per heavy atom. The lowest BCUT2D eigenvalue weighted by Crippen LogP contribution is -2.43. The zero-order chi connectivity index (χ0) is 11.1. The molecule has 1 saturated heterocycles. The van der Waals surface area contributed by atoms with Crippen molar-refractivity contribution in [1.82, 2.24) is 0 Å². The third-order valence-electron chi connectivity index (χ3n) is 2.52. The predicted molar refractivity (Wildman–Crippen MR) is 69.5 cm³/mol. The molecule has 1 aliphatic heterocycles. The van der Waals surface area contributed by atoms with Gasteiger partial charge in [0.1, 0.15) is 0 Å². The quantitative estimate of drug-likeness (QED) is 0.690. The Morgan fingerprint density at radius 2 is 1.60 bits per heavy atom. The normalized spacial score (nSPS) is 19.4. The van der Waals surface area contributed by atoms with Crippen molar-refractivity contribution in [3.63, 3.8) is 0 Å². The van der Waals surface area contributed by atoms with Crippen LogP contribution in [0.4, 0.5) is 0 Å². The molecule has 3 nitrogen and oxygen atoms in total. The minimum absolute atomic E-state index is 0.700. The van der Waals surface area contributed by atoms with E-state index in [0.29, 0.717) is 4.58 Å². The highest BCUT2D eigenvalue weighted by atomic mass is 32.2. The van der Waals surface area contributed by atoms with Crippen LogP contribution in [0.15, 0.2) is 0 Å². The van der Waals surface area contributed by atoms with E-state index in [1.165, 1.54) is 17.9 Å². The van der Waals surface area contributed by atoms with Gasteiger partial charge in [0.05, 0.1) is 4.58 Å². The molecule has 0 amide bonds. The largest absolute Gasteiger partial charge is 0.500 e. The molecular formula is C9H20O3S2Si. The second kappa shape index (κ2) is 7.19. The molecule has 0 atom stereocenters. The van der Waals surface area contributed by atoms with E-state index >= 15 is 0 Å². The molecule has 0 N–H and O–H groups in total. The summed E-state index contributed by atoms with van der Waals surface area (Å²) in [5.41, 5.74) is 0. The van der Waals surface area contributed by atoms with Crippen molar-refractivity contribution in [1.29, 1.82) is 0 Å². The average Bonchev–Trinajstić information content (AvgIpc) is 2.33. The van der Waals surface area contributed by atoms with Crippen LogP contribution in [0.5, 0.6) is 0 Å². The molecule has 0 saturated carbocycles. The van der Waals surface area contributed by atoms with Crippen molar-refractivity contribution < 1.29 is 13.3 Å². The number of hydrogen-bond donors (Lipinski definition) is 0. The van der Waals surface area contributed by atoms with E-state index in [2.05, 4.69) is 23.5 Å². The highest BCUT2D eigenvalue weighted by Crippen LogP contribution is 2.35. The van der Waals surface area contributed by atoms with Gasteiger partial charge in [0.2, 0.25) is 0 Å². The maximum absolute atomic E-state index is 5.40. The lowest BCUT2D eigenvalue weighted by molar-refractivity contribution is 0.123. The molecule has 0 radical (unpaired) electrons. The first-order valence-corrected chi connectivity index (χ1v) is 9.18. The third kappa shape index (κ3) is 4.28. The summed E-state index contributed by atoms with van der Waals surface area (Å²) in [5.74, 6) is 2.58. The Labute approximate surface area is 102 Å². The number of thioether (sulfide) groups is 2. The maximum Gasteiger partial charge on any atom is 0.500 e. The molecule has 0 aromatic carbocycles. The maximum atomic E-state index is 5.40. The van der Waals surface area contributed by atoms with Crippen molar-refractivity contribution in [2.75, 3.05) is 32.8 Å². The van der Waals surface area contributed by atoms with E-state index in [4.69, 9.17) is 13.3 Å². The van der Waals surface area contributed by atoms with Crippen molar-refractivity contribution in [3.05, 3.63) is 0 Å². The van der Waals surface area contributed by atoms with E-state index in [0.717, 1.165) is 12.5 Å². The van der Waals surface area contributed by atoms with Gasteiger partial charge in [0.25, 0.3) is 0 Å². The van der Waals surface area contributed by atoms with Crippen LogP contribution in [0.1, 0.15) is 12.8 Å². The Kier molecular flexibility index (Phi) is 6.64. The summed E-state index contributed by atoms with van der Waals surface area (Å²) in [5, 5.41) is 0. The van der Waals surface area contributed by atoms with Gasteiger partial charge in [-0.05, 0) is 24.3 Å². The summed E-state index contributed by atoms with van der Waals surface area (Å²) in [6.07, 6.45) is 2.46. The highest BCUT2D eigenvalue weighted by molar-refractivity contribution is 8.17. The monoisotopic (exact) mass is 268 g/mol. The molecule has 0 aliphatic carbocycles. The molecule has 0 bridgehead atoms. The molecule has 90 valence electrons. The SMILES string of the molecule is CO[Si](CCC1SCCCS1)(OC)OC. The van der Waals surface area contributed by atoms with Gasteiger partial charge in [0.15, 0.2) is 0 Å². The predicted octanol–water partition coefficient (Wildman–Crippen LogP) is 2.45. The van der Waals surface area contributed by atoms with E-state index in [1.807, 2.05) is 0 Å². The van der Waals surface area contributed by atoms with Gasteiger partial charge in [-0.2, -0.15) is 0 Å². The van der Waals surface area contributed by atoms with Crippen molar-refractivity contribution in [2.24, 2.45) is 0 Å². The molecule has 6 heteroatoms. The van der Waals surface area contributed by atoms with Gasteiger partial charge in [-0.3, -0.25) is 0 Å². The highest BCUT2D eigenvalue weighted by Gasteiger charge is 2.38. The standard InChI is InChI=1S/C9H20O3S2Si/c1-10-15(11-2,12-3)8-5-9-13-6-4-7-14-9/h9H,4-8H2,1-3H3. The van der Waals surface area contributed by atoms with Crippen LogP contribution >= 0.6 is 23.5 Å². The van der Waals surface area contributed by atoms with E-state index in [9.17, 15) is 0 Å². The van der Waals surface area contributed by atoms with Crippen molar-refractivity contribution >= 4 is 32.3 Å². The molecule has 0 spiro atoms. The molecule has 1 fully saturated rings. The molecule has 1 aliphatic rings.